The van der Waals surface area contributed by atoms with Crippen LogP contribution in [-0.2, 0) is 6.18 Å². The van der Waals surface area contributed by atoms with Gasteiger partial charge in [-0.2, -0.15) is 13.2 Å². The Labute approximate surface area is 327 Å². The highest BCUT2D eigenvalue weighted by atomic mass is 35.5. The molecule has 2 heterocycles. The number of urea groups is 2. The number of anilines is 3. The van der Waals surface area contributed by atoms with E-state index in [4.69, 9.17) is 30.5 Å². The van der Waals surface area contributed by atoms with E-state index in [0.717, 1.165) is 17.5 Å². The molecule has 7 aromatic rings. The van der Waals surface area contributed by atoms with Crippen LogP contribution in [0.3, 0.4) is 0 Å². The van der Waals surface area contributed by atoms with Crippen molar-refractivity contribution in [3.63, 3.8) is 0 Å². The fourth-order valence-corrected chi connectivity index (χ4v) is 5.87. The monoisotopic (exact) mass is 794 g/mol. The number of hydrogen-bond acceptors (Lipinski definition) is 8. The highest BCUT2D eigenvalue weighted by Crippen LogP contribution is 2.38. The highest BCUT2D eigenvalue weighted by Gasteiger charge is 2.34. The van der Waals surface area contributed by atoms with Gasteiger partial charge in [0.1, 0.15) is 34.5 Å². The van der Waals surface area contributed by atoms with Crippen molar-refractivity contribution in [1.82, 2.24) is 15.4 Å². The molecule has 0 saturated heterocycles. The van der Waals surface area contributed by atoms with Gasteiger partial charge in [0.25, 0.3) is 0 Å². The number of alkyl halides is 3. The molecule has 7 rings (SSSR count). The molecule has 3 N–H and O–H groups in total. The first-order valence-electron chi connectivity index (χ1n) is 16.9. The first-order chi connectivity index (χ1) is 27.5. The second kappa shape index (κ2) is 16.2. The van der Waals surface area contributed by atoms with Gasteiger partial charge >= 0.3 is 18.2 Å². The lowest BCUT2D eigenvalue weighted by atomic mass is 10.2. The first kappa shape index (κ1) is 38.0. The molecule has 5 aromatic carbocycles. The SMILES string of the molecule is COc1ccc2nccc(Oc3ccc(NC(=O)NN(C(=O)Nc4ccc(Oc5ccnc6ccc(OC)cc56)cc4)c4ccc(Cl)c(C(F)(F)F)c4)cc3)c2c1. The average molecular weight is 795 g/mol. The number of nitrogens with one attached hydrogen (secondary N) is 3. The van der Waals surface area contributed by atoms with E-state index in [1.165, 1.54) is 12.1 Å². The number of carbonyl (C=O) groups is 2. The van der Waals surface area contributed by atoms with Crippen LogP contribution in [0, 0.1) is 0 Å². The van der Waals surface area contributed by atoms with E-state index in [-0.39, 0.29) is 17.1 Å². The van der Waals surface area contributed by atoms with Crippen molar-refractivity contribution in [3.05, 3.63) is 138 Å². The van der Waals surface area contributed by atoms with Gasteiger partial charge in [-0.25, -0.2) is 20.0 Å². The topological polar surface area (TPSA) is 136 Å². The second-order valence-electron chi connectivity index (χ2n) is 12.1. The van der Waals surface area contributed by atoms with Gasteiger partial charge in [-0.15, -0.1) is 0 Å². The van der Waals surface area contributed by atoms with E-state index >= 15 is 0 Å². The van der Waals surface area contributed by atoms with Crippen molar-refractivity contribution in [2.45, 2.75) is 6.18 Å². The molecule has 12 nitrogen and oxygen atoms in total. The summed E-state index contributed by atoms with van der Waals surface area (Å²) in [5, 5.41) is 6.63. The number of rotatable bonds is 9. The van der Waals surface area contributed by atoms with E-state index in [1.54, 1.807) is 112 Å². The van der Waals surface area contributed by atoms with Crippen molar-refractivity contribution >= 4 is 62.5 Å². The number of aromatic nitrogens is 2. The molecule has 0 fully saturated rings. The number of pyridine rings is 2. The predicted octanol–water partition coefficient (Wildman–Crippen LogP) is 10.8. The number of benzene rings is 5. The second-order valence-corrected chi connectivity index (χ2v) is 12.5. The number of halogens is 4. The average Bonchev–Trinajstić information content (AvgIpc) is 3.21. The van der Waals surface area contributed by atoms with E-state index in [2.05, 4.69) is 26.0 Å². The number of fused-ring (bicyclic) bond motifs is 2. The largest absolute Gasteiger partial charge is 0.497 e. The molecule has 0 aliphatic rings. The summed E-state index contributed by atoms with van der Waals surface area (Å²) in [6.45, 7) is 0. The molecule has 0 atom stereocenters. The van der Waals surface area contributed by atoms with Gasteiger partial charge in [0.05, 0.1) is 41.5 Å². The summed E-state index contributed by atoms with van der Waals surface area (Å²) >= 11 is 5.85. The summed E-state index contributed by atoms with van der Waals surface area (Å²) < 4.78 is 64.3. The van der Waals surface area contributed by atoms with Crippen LogP contribution in [-0.4, -0.2) is 36.2 Å². The van der Waals surface area contributed by atoms with Gasteiger partial charge in [0.2, 0.25) is 0 Å². The predicted molar refractivity (Wildman–Crippen MR) is 210 cm³/mol. The third kappa shape index (κ3) is 8.84. The molecule has 57 heavy (non-hydrogen) atoms. The molecule has 0 aliphatic heterocycles. The summed E-state index contributed by atoms with van der Waals surface area (Å²) in [5.74, 6) is 3.12. The third-order valence-corrected chi connectivity index (χ3v) is 8.75. The molecule has 2 aromatic heterocycles. The molecule has 0 spiro atoms. The van der Waals surface area contributed by atoms with E-state index in [1.807, 2.05) is 0 Å². The van der Waals surface area contributed by atoms with E-state index in [9.17, 15) is 22.8 Å². The Morgan fingerprint density at radius 3 is 1.61 bits per heavy atom. The van der Waals surface area contributed by atoms with Crippen LogP contribution in [0.4, 0.5) is 39.8 Å². The third-order valence-electron chi connectivity index (χ3n) is 8.42. The number of carbonyl (C=O) groups excluding carboxylic acids is 2. The van der Waals surface area contributed by atoms with Crippen molar-refractivity contribution < 1.29 is 41.7 Å². The van der Waals surface area contributed by atoms with Gasteiger partial charge in [-0.1, -0.05) is 11.6 Å². The Balaban J connectivity index is 1.07. The number of amides is 4. The van der Waals surface area contributed by atoms with Crippen LogP contribution in [0.2, 0.25) is 5.02 Å². The number of nitrogens with zero attached hydrogens (tertiary/aromatic N) is 3. The van der Waals surface area contributed by atoms with Crippen LogP contribution >= 0.6 is 11.6 Å². The lowest BCUT2D eigenvalue weighted by molar-refractivity contribution is -0.137. The number of ether oxygens (including phenoxy) is 4. The van der Waals surface area contributed by atoms with Gasteiger partial charge < -0.3 is 29.6 Å². The molecule has 0 saturated carbocycles. The minimum absolute atomic E-state index is 0.238. The van der Waals surface area contributed by atoms with Crippen molar-refractivity contribution in [2.24, 2.45) is 0 Å². The summed E-state index contributed by atoms with van der Waals surface area (Å²) in [6.07, 6.45) is -1.64. The maximum atomic E-state index is 13.8. The summed E-state index contributed by atoms with van der Waals surface area (Å²) in [5.41, 5.74) is 2.69. The fraction of sp³-hybridized carbons (Fsp3) is 0.0732. The van der Waals surface area contributed by atoms with E-state index < -0.39 is 28.8 Å². The quantitative estimate of drug-likeness (QED) is 0.123. The van der Waals surface area contributed by atoms with Gasteiger partial charge in [-0.05, 0) is 115 Å². The smallest absolute Gasteiger partial charge is 0.417 e. The fourth-order valence-electron chi connectivity index (χ4n) is 5.64. The maximum Gasteiger partial charge on any atom is 0.417 e. The highest BCUT2D eigenvalue weighted by molar-refractivity contribution is 6.31. The maximum absolute atomic E-state index is 13.8. The standard InChI is InChI=1S/C41H30ClF3N6O6/c1-54-29-12-15-35-31(22-29)37(17-19-46-35)56-27-8-3-24(4-9-27)48-39(52)50-51(26-7-14-34(42)33(21-26)41(43,44)45)40(53)49-25-5-10-28(11-6-25)57-38-18-20-47-36-16-13-30(55-2)23-32(36)38/h3-23H,1-2H3,(H,49,53)(H2,48,50,52). The summed E-state index contributed by atoms with van der Waals surface area (Å²) in [7, 11) is 3.11. The Morgan fingerprint density at radius 1 is 0.632 bits per heavy atom. The zero-order valence-corrected chi connectivity index (χ0v) is 30.7. The first-order valence-corrected chi connectivity index (χ1v) is 17.3. The molecule has 0 bridgehead atoms. The van der Waals surface area contributed by atoms with Crippen molar-refractivity contribution in [3.8, 4) is 34.5 Å². The molecule has 16 heteroatoms. The van der Waals surface area contributed by atoms with Crippen molar-refractivity contribution in [1.29, 1.82) is 0 Å². The molecule has 0 radical (unpaired) electrons. The van der Waals surface area contributed by atoms with Crippen molar-refractivity contribution in [2.75, 3.05) is 29.9 Å². The van der Waals surface area contributed by atoms with Gasteiger partial charge in [-0.3, -0.25) is 9.97 Å². The Morgan fingerprint density at radius 2 is 1.12 bits per heavy atom. The van der Waals surface area contributed by atoms with Crippen LogP contribution in [0.25, 0.3) is 21.8 Å². The number of hydrazine groups is 1. The Bertz CT molecular complexity index is 2590. The summed E-state index contributed by atoms with van der Waals surface area (Å²) in [4.78, 5) is 35.6. The molecule has 288 valence electrons. The number of methoxy groups -OCH3 is 2. The van der Waals surface area contributed by atoms with Gasteiger partial charge in [0.15, 0.2) is 0 Å². The van der Waals surface area contributed by atoms with Gasteiger partial charge in [0, 0.05) is 34.5 Å². The normalized spacial score (nSPS) is 11.1. The Hall–Kier alpha value is -7.26. The zero-order chi connectivity index (χ0) is 40.1. The zero-order valence-electron chi connectivity index (χ0n) is 29.9. The van der Waals surface area contributed by atoms with Crippen LogP contribution < -0.4 is 40.0 Å². The lowest BCUT2D eigenvalue weighted by Gasteiger charge is -2.25. The van der Waals surface area contributed by atoms with Crippen LogP contribution in [0.5, 0.6) is 34.5 Å². The molecular weight excluding hydrogens is 765 g/mol. The summed E-state index contributed by atoms with van der Waals surface area (Å²) in [6, 6.07) is 27.5. The van der Waals surface area contributed by atoms with Crippen LogP contribution in [0.1, 0.15) is 5.56 Å². The molecular formula is C41H30ClF3N6O6. The lowest BCUT2D eigenvalue weighted by Crippen LogP contribution is -2.50. The molecule has 4 amide bonds. The molecule has 0 unspecified atom stereocenters. The van der Waals surface area contributed by atoms with Crippen LogP contribution in [0.15, 0.2) is 128 Å². The minimum atomic E-state index is -4.85. The Kier molecular flexibility index (Phi) is 10.8. The minimum Gasteiger partial charge on any atom is -0.497 e. The number of hydrogen-bond donors (Lipinski definition) is 3. The van der Waals surface area contributed by atoms with E-state index in [0.29, 0.717) is 62.0 Å². The molecule has 0 aliphatic carbocycles.